The maximum Gasteiger partial charge on any atom is 0.315 e. The van der Waals surface area contributed by atoms with Crippen LogP contribution in [0.25, 0.3) is 0 Å². The van der Waals surface area contributed by atoms with E-state index in [2.05, 4.69) is 36.2 Å². The molecule has 8 N–H and O–H groups in total. The molecule has 0 aliphatic rings. The lowest BCUT2D eigenvalue weighted by molar-refractivity contribution is -0.127. The molecular formula is C28H34FN9O4S. The quantitative estimate of drug-likeness (QED) is 0.0635. The molecule has 0 spiro atoms. The number of nitrogens with two attached hydrogens (primary N) is 2. The summed E-state index contributed by atoms with van der Waals surface area (Å²) < 4.78 is 13.3. The number of nitrogens with one attached hydrogen (secondary N) is 4. The van der Waals surface area contributed by atoms with Crippen LogP contribution in [0.3, 0.4) is 0 Å². The van der Waals surface area contributed by atoms with Crippen LogP contribution in [0.4, 0.5) is 9.18 Å². The second-order valence-corrected chi connectivity index (χ2v) is 10.4. The third-order valence-corrected chi connectivity index (χ3v) is 6.95. The highest BCUT2D eigenvalue weighted by molar-refractivity contribution is 7.11. The van der Waals surface area contributed by atoms with Crippen molar-refractivity contribution in [3.05, 3.63) is 82.3 Å². The van der Waals surface area contributed by atoms with Gasteiger partial charge in [-0.2, -0.15) is 0 Å². The second kappa shape index (κ2) is 16.5. The number of rotatable bonds is 15. The zero-order valence-corrected chi connectivity index (χ0v) is 24.3. The fourth-order valence-electron chi connectivity index (χ4n) is 4.00. The lowest BCUT2D eigenvalue weighted by Crippen LogP contribution is -2.53. The molecule has 4 amide bonds. The first-order valence-corrected chi connectivity index (χ1v) is 14.3. The molecular weight excluding hydrogens is 577 g/mol. The van der Waals surface area contributed by atoms with Crippen LogP contribution in [0.15, 0.2) is 65.4 Å². The number of thiazole rings is 1. The van der Waals surface area contributed by atoms with Crippen molar-refractivity contribution in [1.82, 2.24) is 31.2 Å². The Morgan fingerprint density at radius 1 is 1.02 bits per heavy atom. The molecule has 228 valence electrons. The molecule has 0 fully saturated rings. The highest BCUT2D eigenvalue weighted by atomic mass is 32.1. The van der Waals surface area contributed by atoms with Crippen LogP contribution in [0.2, 0.25) is 0 Å². The van der Waals surface area contributed by atoms with E-state index in [9.17, 15) is 23.6 Å². The summed E-state index contributed by atoms with van der Waals surface area (Å²) in [5.41, 5.74) is 12.0. The van der Waals surface area contributed by atoms with Crippen LogP contribution >= 0.6 is 11.3 Å². The summed E-state index contributed by atoms with van der Waals surface area (Å²) in [5.74, 6) is -2.09. The molecule has 3 rings (SSSR count). The van der Waals surface area contributed by atoms with Gasteiger partial charge in [-0.1, -0.05) is 18.2 Å². The Balaban J connectivity index is 1.62. The average molecular weight is 612 g/mol. The molecule has 15 heteroatoms. The highest BCUT2D eigenvalue weighted by Crippen LogP contribution is 2.13. The summed E-state index contributed by atoms with van der Waals surface area (Å²) in [7, 11) is 0. The first kappa shape index (κ1) is 32.6. The fourth-order valence-corrected chi connectivity index (χ4v) is 4.63. The summed E-state index contributed by atoms with van der Waals surface area (Å²) in [4.78, 5) is 63.6. The number of ketones is 1. The molecule has 3 unspecified atom stereocenters. The number of amides is 4. The number of carbonyl (C=O) groups is 4. The SMILES string of the molecule is CC(NC(=O)NC(Cc1cccnc1)C(=O)NCC(=O)NC(CCCN=C(N)N)C(=O)c1nccs1)c1ccc(F)cc1. The van der Waals surface area contributed by atoms with Gasteiger partial charge in [0.15, 0.2) is 11.0 Å². The number of halogens is 1. The van der Waals surface area contributed by atoms with Crippen molar-refractivity contribution >= 4 is 40.9 Å². The molecule has 3 atom stereocenters. The predicted molar refractivity (Wildman–Crippen MR) is 160 cm³/mol. The monoisotopic (exact) mass is 611 g/mol. The van der Waals surface area contributed by atoms with Gasteiger partial charge in [0.2, 0.25) is 17.6 Å². The number of Topliss-reactive ketones (excluding diaryl/α,β-unsaturated/α-hetero) is 1. The van der Waals surface area contributed by atoms with Gasteiger partial charge in [-0.15, -0.1) is 11.3 Å². The molecule has 13 nitrogen and oxygen atoms in total. The van der Waals surface area contributed by atoms with Crippen molar-refractivity contribution < 1.29 is 23.6 Å². The Morgan fingerprint density at radius 2 is 1.79 bits per heavy atom. The van der Waals surface area contributed by atoms with Crippen LogP contribution < -0.4 is 32.7 Å². The first-order chi connectivity index (χ1) is 20.6. The van der Waals surface area contributed by atoms with Crippen molar-refractivity contribution in [2.75, 3.05) is 13.1 Å². The van der Waals surface area contributed by atoms with Crippen LogP contribution in [0, 0.1) is 5.82 Å². The molecule has 0 aliphatic heterocycles. The third kappa shape index (κ3) is 11.1. The zero-order valence-electron chi connectivity index (χ0n) is 23.5. The van der Waals surface area contributed by atoms with Gasteiger partial charge < -0.3 is 32.7 Å². The van der Waals surface area contributed by atoms with E-state index in [4.69, 9.17) is 11.5 Å². The molecule has 0 saturated heterocycles. The van der Waals surface area contributed by atoms with Crippen molar-refractivity contribution in [3.63, 3.8) is 0 Å². The molecule has 0 radical (unpaired) electrons. The molecule has 0 aliphatic carbocycles. The van der Waals surface area contributed by atoms with E-state index < -0.39 is 48.3 Å². The lowest BCUT2D eigenvalue weighted by atomic mass is 10.1. The molecule has 0 bridgehead atoms. The number of hydrogen-bond acceptors (Lipinski definition) is 8. The Kier molecular flexibility index (Phi) is 12.5. The van der Waals surface area contributed by atoms with Gasteiger partial charge in [-0.3, -0.25) is 24.4 Å². The smallest absolute Gasteiger partial charge is 0.315 e. The number of aliphatic imine (C=N–C) groups is 1. The van der Waals surface area contributed by atoms with Crippen molar-refractivity contribution in [1.29, 1.82) is 0 Å². The molecule has 2 aromatic heterocycles. The van der Waals surface area contributed by atoms with Crippen molar-refractivity contribution in [2.24, 2.45) is 16.5 Å². The number of benzene rings is 1. The van der Waals surface area contributed by atoms with Gasteiger partial charge in [-0.25, -0.2) is 14.2 Å². The van der Waals surface area contributed by atoms with Gasteiger partial charge in [0.1, 0.15) is 11.9 Å². The van der Waals surface area contributed by atoms with E-state index in [-0.39, 0.29) is 36.1 Å². The van der Waals surface area contributed by atoms with E-state index in [0.29, 0.717) is 17.5 Å². The van der Waals surface area contributed by atoms with Crippen LogP contribution in [-0.2, 0) is 16.0 Å². The van der Waals surface area contributed by atoms with Crippen molar-refractivity contribution in [2.45, 2.75) is 44.3 Å². The summed E-state index contributed by atoms with van der Waals surface area (Å²) in [6.07, 6.45) is 5.37. The maximum absolute atomic E-state index is 13.3. The Hall–Kier alpha value is -4.92. The van der Waals surface area contributed by atoms with Crippen LogP contribution in [0.5, 0.6) is 0 Å². The number of carbonyl (C=O) groups excluding carboxylic acids is 4. The summed E-state index contributed by atoms with van der Waals surface area (Å²) in [5, 5.41) is 12.4. The van der Waals surface area contributed by atoms with Crippen LogP contribution in [0.1, 0.15) is 46.7 Å². The minimum Gasteiger partial charge on any atom is -0.370 e. The minimum absolute atomic E-state index is 0.0809. The second-order valence-electron chi connectivity index (χ2n) is 9.50. The molecule has 3 aromatic rings. The number of pyridine rings is 1. The highest BCUT2D eigenvalue weighted by Gasteiger charge is 2.26. The summed E-state index contributed by atoms with van der Waals surface area (Å²) in [6, 6.07) is 6.02. The number of nitrogens with zero attached hydrogens (tertiary/aromatic N) is 3. The number of aromatic nitrogens is 2. The van der Waals surface area contributed by atoms with Gasteiger partial charge in [0.25, 0.3) is 0 Å². The number of hydrogen-bond donors (Lipinski definition) is 6. The normalized spacial score (nSPS) is 12.7. The number of urea groups is 1. The molecule has 0 saturated carbocycles. The van der Waals surface area contributed by atoms with E-state index in [1.807, 2.05) is 0 Å². The van der Waals surface area contributed by atoms with Gasteiger partial charge >= 0.3 is 6.03 Å². The maximum atomic E-state index is 13.3. The Labute approximate surface area is 251 Å². The molecule has 43 heavy (non-hydrogen) atoms. The Bertz CT molecular complexity index is 1380. The zero-order chi connectivity index (χ0) is 31.2. The minimum atomic E-state index is -1.07. The molecule has 2 heterocycles. The topological polar surface area (TPSA) is 207 Å². The predicted octanol–water partition coefficient (Wildman–Crippen LogP) is 1.19. The largest absolute Gasteiger partial charge is 0.370 e. The van der Waals surface area contributed by atoms with Crippen LogP contribution in [-0.4, -0.2) is 64.7 Å². The lowest BCUT2D eigenvalue weighted by Gasteiger charge is -2.21. The van der Waals surface area contributed by atoms with Gasteiger partial charge in [0.05, 0.1) is 18.6 Å². The molecule has 1 aromatic carbocycles. The van der Waals surface area contributed by atoms with E-state index in [1.165, 1.54) is 18.3 Å². The van der Waals surface area contributed by atoms with Crippen molar-refractivity contribution in [3.8, 4) is 0 Å². The first-order valence-electron chi connectivity index (χ1n) is 13.4. The average Bonchev–Trinajstić information content (AvgIpc) is 3.52. The van der Waals surface area contributed by atoms with E-state index >= 15 is 0 Å². The van der Waals surface area contributed by atoms with Gasteiger partial charge in [0, 0.05) is 36.9 Å². The fraction of sp³-hybridized carbons (Fsp3) is 0.321. The third-order valence-electron chi connectivity index (χ3n) is 6.17. The van der Waals surface area contributed by atoms with Gasteiger partial charge in [-0.05, 0) is 49.1 Å². The Morgan fingerprint density at radius 3 is 2.44 bits per heavy atom. The standard InChI is InChI=1S/C28H34FN9O4S/c1-17(19-6-8-20(29)9-7-19)36-28(42)38-22(14-18-4-2-10-32-15-18)25(41)35-16-23(39)37-21(5-3-11-34-27(30)31)24(40)26-33-12-13-43-26/h2,4,6-10,12-13,15,17,21-22H,3,5,11,14,16H2,1H3,(H,35,41)(H,37,39)(H4,30,31,34)(H2,36,38,42). The number of guanidine groups is 1. The summed E-state index contributed by atoms with van der Waals surface area (Å²) >= 11 is 1.15. The van der Waals surface area contributed by atoms with E-state index in [0.717, 1.165) is 11.3 Å². The summed E-state index contributed by atoms with van der Waals surface area (Å²) in [6.45, 7) is 1.53. The van der Waals surface area contributed by atoms with E-state index in [1.54, 1.807) is 49.0 Å².